The Morgan fingerprint density at radius 2 is 1.85 bits per heavy atom. The summed E-state index contributed by atoms with van der Waals surface area (Å²) in [6.45, 7) is 0. The van der Waals surface area contributed by atoms with Crippen molar-refractivity contribution in [3.05, 3.63) is 12.3 Å². The van der Waals surface area contributed by atoms with Crippen molar-refractivity contribution in [2.24, 2.45) is 4.99 Å². The smallest absolute Gasteiger partial charge is 0.377 e. The third-order valence-corrected chi connectivity index (χ3v) is 4.14. The maximum absolute atomic E-state index is 9.71. The highest BCUT2D eigenvalue weighted by atomic mass is 28.4. The second kappa shape index (κ2) is 6.70. The van der Waals surface area contributed by atoms with Crippen LogP contribution in [0, 0.1) is 0 Å². The first-order chi connectivity index (χ1) is 6.24. The van der Waals surface area contributed by atoms with Crippen LogP contribution in [0.2, 0.25) is 6.04 Å². The zero-order valence-electron chi connectivity index (χ0n) is 7.94. The molecular weight excluding hydrogens is 190 g/mol. The predicted molar refractivity (Wildman–Crippen MR) is 48.8 cm³/mol. The van der Waals surface area contributed by atoms with E-state index in [4.69, 9.17) is 13.3 Å². The molecule has 0 aliphatic carbocycles. The minimum atomic E-state index is -2.54. The van der Waals surface area contributed by atoms with Gasteiger partial charge in [-0.25, -0.2) is 4.79 Å². The molecule has 0 amide bonds. The summed E-state index contributed by atoms with van der Waals surface area (Å²) in [5, 5.41) is 0. The van der Waals surface area contributed by atoms with Crippen LogP contribution in [-0.2, 0) is 18.1 Å². The van der Waals surface area contributed by atoms with E-state index in [1.165, 1.54) is 33.6 Å². The van der Waals surface area contributed by atoms with Crippen molar-refractivity contribution < 1.29 is 18.1 Å². The molecular formula is C7H13NO4Si. The first-order valence-electron chi connectivity index (χ1n) is 3.62. The van der Waals surface area contributed by atoms with Crippen molar-refractivity contribution in [3.8, 4) is 0 Å². The summed E-state index contributed by atoms with van der Waals surface area (Å²) in [5.41, 5.74) is 0. The van der Waals surface area contributed by atoms with Crippen LogP contribution in [0.3, 0.4) is 0 Å². The Balaban J connectivity index is 4.17. The van der Waals surface area contributed by atoms with Gasteiger partial charge in [0.15, 0.2) is 0 Å². The molecule has 0 aromatic rings. The molecule has 6 heteroatoms. The van der Waals surface area contributed by atoms with E-state index in [9.17, 15) is 4.79 Å². The molecule has 0 saturated heterocycles. The number of aliphatic imine (C=N–C) groups is 1. The zero-order valence-corrected chi connectivity index (χ0v) is 8.94. The van der Waals surface area contributed by atoms with E-state index in [0.29, 0.717) is 6.04 Å². The van der Waals surface area contributed by atoms with E-state index in [2.05, 4.69) is 4.99 Å². The lowest BCUT2D eigenvalue weighted by atomic mass is 10.7. The number of allylic oxidation sites excluding steroid dienone is 1. The van der Waals surface area contributed by atoms with Crippen molar-refractivity contribution in [2.45, 2.75) is 6.04 Å². The van der Waals surface area contributed by atoms with E-state index < -0.39 is 8.80 Å². The van der Waals surface area contributed by atoms with Crippen LogP contribution in [0.25, 0.3) is 0 Å². The topological polar surface area (TPSA) is 57.1 Å². The van der Waals surface area contributed by atoms with Gasteiger partial charge in [0.25, 0.3) is 0 Å². The van der Waals surface area contributed by atoms with Gasteiger partial charge in [-0.3, -0.25) is 0 Å². The van der Waals surface area contributed by atoms with Crippen molar-refractivity contribution in [1.29, 1.82) is 0 Å². The van der Waals surface area contributed by atoms with E-state index in [0.717, 1.165) is 0 Å². The summed E-state index contributed by atoms with van der Waals surface area (Å²) in [5.74, 6) is 0. The highest BCUT2D eigenvalue weighted by Crippen LogP contribution is 2.12. The monoisotopic (exact) mass is 203 g/mol. The number of carbonyl (C=O) groups excluding carboxylic acids is 1. The SMILES string of the molecule is CO[Si](CC=CN=C=O)(OC)OC. The molecule has 0 unspecified atom stereocenters. The Kier molecular flexibility index (Phi) is 6.30. The van der Waals surface area contributed by atoms with Crippen molar-refractivity contribution >= 4 is 14.9 Å². The molecule has 0 bridgehead atoms. The van der Waals surface area contributed by atoms with Crippen LogP contribution in [0.1, 0.15) is 0 Å². The van der Waals surface area contributed by atoms with E-state index in [-0.39, 0.29) is 0 Å². The predicted octanol–water partition coefficient (Wildman–Crippen LogP) is 0.714. The summed E-state index contributed by atoms with van der Waals surface area (Å²) in [6.07, 6.45) is 4.37. The number of hydrogen-bond acceptors (Lipinski definition) is 5. The van der Waals surface area contributed by atoms with Crippen LogP contribution in [-0.4, -0.2) is 36.2 Å². The van der Waals surface area contributed by atoms with Gasteiger partial charge in [0, 0.05) is 33.6 Å². The zero-order chi connectivity index (χ0) is 10.2. The average molecular weight is 203 g/mol. The van der Waals surface area contributed by atoms with Gasteiger partial charge in [-0.2, -0.15) is 4.99 Å². The maximum Gasteiger partial charge on any atom is 0.504 e. The van der Waals surface area contributed by atoms with E-state index in [1.807, 2.05) is 0 Å². The third-order valence-electron chi connectivity index (χ3n) is 1.53. The molecule has 0 aliphatic heterocycles. The molecule has 0 atom stereocenters. The Bertz CT molecular complexity index is 200. The Morgan fingerprint density at radius 1 is 1.31 bits per heavy atom. The molecule has 0 heterocycles. The van der Waals surface area contributed by atoms with Crippen molar-refractivity contribution in [1.82, 2.24) is 0 Å². The van der Waals surface area contributed by atoms with Crippen LogP contribution in [0.4, 0.5) is 0 Å². The lowest BCUT2D eigenvalue weighted by Gasteiger charge is -2.22. The summed E-state index contributed by atoms with van der Waals surface area (Å²) in [6, 6.07) is 0.474. The second-order valence-corrected chi connectivity index (χ2v) is 5.10. The number of rotatable bonds is 6. The summed E-state index contributed by atoms with van der Waals surface area (Å²) < 4.78 is 15.4. The molecule has 0 fully saturated rings. The number of hydrogen-bond donors (Lipinski definition) is 0. The highest BCUT2D eigenvalue weighted by molar-refractivity contribution is 6.61. The highest BCUT2D eigenvalue weighted by Gasteiger charge is 2.35. The van der Waals surface area contributed by atoms with Gasteiger partial charge < -0.3 is 13.3 Å². The molecule has 74 valence electrons. The lowest BCUT2D eigenvalue weighted by Crippen LogP contribution is -2.42. The van der Waals surface area contributed by atoms with Crippen molar-refractivity contribution in [2.75, 3.05) is 21.3 Å². The summed E-state index contributed by atoms with van der Waals surface area (Å²) in [4.78, 5) is 13.0. The minimum Gasteiger partial charge on any atom is -0.377 e. The fourth-order valence-electron chi connectivity index (χ4n) is 0.780. The Morgan fingerprint density at radius 3 is 2.23 bits per heavy atom. The van der Waals surface area contributed by atoms with E-state index in [1.54, 1.807) is 6.08 Å². The average Bonchev–Trinajstić information content (AvgIpc) is 2.20. The lowest BCUT2D eigenvalue weighted by molar-refractivity contribution is 0.127. The van der Waals surface area contributed by atoms with Crippen LogP contribution < -0.4 is 0 Å². The molecule has 0 aromatic carbocycles. The Hall–Kier alpha value is -0.783. The first-order valence-corrected chi connectivity index (χ1v) is 5.55. The molecule has 0 aromatic heterocycles. The normalized spacial score (nSPS) is 11.6. The molecule has 0 aliphatic rings. The fraction of sp³-hybridized carbons (Fsp3) is 0.571. The fourth-order valence-corrected chi connectivity index (χ4v) is 2.17. The standard InChI is InChI=1S/C7H13NO4Si/c1-10-13(11-2,12-3)6-4-5-8-7-9/h4-5H,6H2,1-3H3. The van der Waals surface area contributed by atoms with Gasteiger partial charge in [0.2, 0.25) is 6.08 Å². The number of nitrogens with zero attached hydrogens (tertiary/aromatic N) is 1. The molecule has 0 saturated carbocycles. The third kappa shape index (κ3) is 4.12. The first kappa shape index (κ1) is 12.2. The molecule has 0 N–H and O–H groups in total. The van der Waals surface area contributed by atoms with Crippen LogP contribution in [0.5, 0.6) is 0 Å². The molecule has 0 rings (SSSR count). The summed E-state index contributed by atoms with van der Waals surface area (Å²) in [7, 11) is 2.03. The van der Waals surface area contributed by atoms with Gasteiger partial charge in [-0.05, 0) is 0 Å². The molecule has 13 heavy (non-hydrogen) atoms. The van der Waals surface area contributed by atoms with E-state index >= 15 is 0 Å². The summed E-state index contributed by atoms with van der Waals surface area (Å²) >= 11 is 0. The van der Waals surface area contributed by atoms with Gasteiger partial charge in [0.05, 0.1) is 0 Å². The van der Waals surface area contributed by atoms with Gasteiger partial charge in [0.1, 0.15) is 0 Å². The van der Waals surface area contributed by atoms with Gasteiger partial charge in [-0.1, -0.05) is 6.08 Å². The quantitative estimate of drug-likeness (QED) is 0.362. The van der Waals surface area contributed by atoms with Crippen molar-refractivity contribution in [3.63, 3.8) is 0 Å². The van der Waals surface area contributed by atoms with Crippen LogP contribution in [0.15, 0.2) is 17.3 Å². The molecule has 5 nitrogen and oxygen atoms in total. The number of isocyanates is 1. The Labute approximate surface area is 78.4 Å². The van der Waals surface area contributed by atoms with Crippen LogP contribution >= 0.6 is 0 Å². The minimum absolute atomic E-state index is 0.474. The molecule has 0 spiro atoms. The van der Waals surface area contributed by atoms with Gasteiger partial charge in [-0.15, -0.1) is 0 Å². The maximum atomic E-state index is 9.71. The van der Waals surface area contributed by atoms with Gasteiger partial charge >= 0.3 is 8.80 Å². The second-order valence-electron chi connectivity index (χ2n) is 2.10. The largest absolute Gasteiger partial charge is 0.504 e. The molecule has 0 radical (unpaired) electrons.